The molecule has 0 unspecified atom stereocenters. The third-order valence-electron chi connectivity index (χ3n) is 2.75. The molecule has 2 rings (SSSR count). The normalized spacial score (nSPS) is 10.7. The van der Waals surface area contributed by atoms with Crippen LogP contribution in [0.5, 0.6) is 11.5 Å². The molecule has 0 amide bonds. The van der Waals surface area contributed by atoms with Gasteiger partial charge in [-0.2, -0.15) is 0 Å². The van der Waals surface area contributed by atoms with Crippen molar-refractivity contribution in [1.29, 1.82) is 0 Å². The molecule has 0 saturated carbocycles. The minimum atomic E-state index is -2.41. The summed E-state index contributed by atoms with van der Waals surface area (Å²) in [6.07, 6.45) is 0. The molecule has 0 aliphatic carbocycles. The summed E-state index contributed by atoms with van der Waals surface area (Å²) >= 11 is 0. The Hall–Kier alpha value is -2.82. The first kappa shape index (κ1) is 14.6. The smallest absolute Gasteiger partial charge is 0.413 e. The Morgan fingerprint density at radius 3 is 1.52 bits per heavy atom. The van der Waals surface area contributed by atoms with Gasteiger partial charge in [0.05, 0.1) is 0 Å². The van der Waals surface area contributed by atoms with E-state index < -0.39 is 17.5 Å². The van der Waals surface area contributed by atoms with Crippen LogP contribution in [0.4, 0.5) is 0 Å². The van der Waals surface area contributed by atoms with Gasteiger partial charge in [0, 0.05) is 6.92 Å². The molecule has 0 heterocycles. The highest BCUT2D eigenvalue weighted by atomic mass is 16.7. The Balaban J connectivity index is 2.38. The number of hydrogen-bond acceptors (Lipinski definition) is 4. The van der Waals surface area contributed by atoms with Crippen LogP contribution in [0.2, 0.25) is 0 Å². The molecule has 0 atom stereocenters. The van der Waals surface area contributed by atoms with E-state index >= 15 is 0 Å². The van der Waals surface area contributed by atoms with Crippen LogP contribution in [0.25, 0.3) is 0 Å². The highest BCUT2D eigenvalue weighted by Gasteiger charge is 2.50. The Morgan fingerprint density at radius 2 is 1.24 bits per heavy atom. The number of para-hydroxylation sites is 2. The van der Waals surface area contributed by atoms with E-state index in [-0.39, 0.29) is 11.5 Å². The SMILES string of the molecule is CC(=O)C(Oc1ccccc1)(Oc1ccccc1)C(=O)O. The molecule has 1 N–H and O–H groups in total. The van der Waals surface area contributed by atoms with Gasteiger partial charge in [0.2, 0.25) is 5.78 Å². The van der Waals surface area contributed by atoms with E-state index in [9.17, 15) is 14.7 Å². The number of Topliss-reactive ketones (excluding diaryl/α,β-unsaturated/α-hetero) is 1. The monoisotopic (exact) mass is 286 g/mol. The van der Waals surface area contributed by atoms with Crippen LogP contribution < -0.4 is 9.47 Å². The number of aliphatic carboxylic acids is 1. The molecule has 108 valence electrons. The fourth-order valence-corrected chi connectivity index (χ4v) is 1.71. The first-order valence-electron chi connectivity index (χ1n) is 6.27. The van der Waals surface area contributed by atoms with E-state index in [2.05, 4.69) is 0 Å². The van der Waals surface area contributed by atoms with Crippen LogP contribution in [0, 0.1) is 0 Å². The van der Waals surface area contributed by atoms with Gasteiger partial charge in [0.25, 0.3) is 0 Å². The topological polar surface area (TPSA) is 72.8 Å². The fraction of sp³-hybridized carbons (Fsp3) is 0.125. The second-order valence-electron chi connectivity index (χ2n) is 4.31. The molecule has 0 saturated heterocycles. The van der Waals surface area contributed by atoms with Crippen LogP contribution in [0.15, 0.2) is 60.7 Å². The molecule has 0 fully saturated rings. The average Bonchev–Trinajstić information content (AvgIpc) is 2.48. The zero-order chi connectivity index (χ0) is 15.3. The van der Waals surface area contributed by atoms with Crippen molar-refractivity contribution in [3.63, 3.8) is 0 Å². The lowest BCUT2D eigenvalue weighted by Crippen LogP contribution is -2.55. The molecule has 2 aromatic carbocycles. The molecule has 2 aromatic rings. The van der Waals surface area contributed by atoms with Gasteiger partial charge in [-0.15, -0.1) is 0 Å². The second kappa shape index (κ2) is 6.09. The second-order valence-corrected chi connectivity index (χ2v) is 4.31. The molecule has 0 spiro atoms. The van der Waals surface area contributed by atoms with Crippen LogP contribution >= 0.6 is 0 Å². The lowest BCUT2D eigenvalue weighted by Gasteiger charge is -2.28. The number of carbonyl (C=O) groups excluding carboxylic acids is 1. The van der Waals surface area contributed by atoms with Gasteiger partial charge < -0.3 is 14.6 Å². The number of ketones is 1. The van der Waals surface area contributed by atoms with E-state index in [1.165, 1.54) is 0 Å². The van der Waals surface area contributed by atoms with Gasteiger partial charge in [-0.3, -0.25) is 4.79 Å². The highest BCUT2D eigenvalue weighted by molar-refractivity contribution is 6.04. The molecular weight excluding hydrogens is 272 g/mol. The largest absolute Gasteiger partial charge is 0.475 e. The summed E-state index contributed by atoms with van der Waals surface area (Å²) in [7, 11) is 0. The quantitative estimate of drug-likeness (QED) is 0.652. The summed E-state index contributed by atoms with van der Waals surface area (Å²) in [4.78, 5) is 23.5. The maximum Gasteiger partial charge on any atom is 0.413 e. The first-order chi connectivity index (χ1) is 10.0. The molecule has 21 heavy (non-hydrogen) atoms. The van der Waals surface area contributed by atoms with Crippen molar-refractivity contribution >= 4 is 11.8 Å². The zero-order valence-electron chi connectivity index (χ0n) is 11.4. The van der Waals surface area contributed by atoms with Crippen molar-refractivity contribution < 1.29 is 24.2 Å². The van der Waals surface area contributed by atoms with Gasteiger partial charge in [0.15, 0.2) is 0 Å². The van der Waals surface area contributed by atoms with E-state index in [1.807, 2.05) is 0 Å². The number of rotatable bonds is 6. The summed E-state index contributed by atoms with van der Waals surface area (Å²) in [5.74, 6) is -4.23. The Bertz CT molecular complexity index is 564. The van der Waals surface area contributed by atoms with Crippen LogP contribution in [0.1, 0.15) is 6.92 Å². The van der Waals surface area contributed by atoms with Gasteiger partial charge in [-0.1, -0.05) is 36.4 Å². The minimum Gasteiger partial charge on any atom is -0.475 e. The van der Waals surface area contributed by atoms with Crippen molar-refractivity contribution in [2.75, 3.05) is 0 Å². The maximum atomic E-state index is 11.9. The first-order valence-corrected chi connectivity index (χ1v) is 6.27. The summed E-state index contributed by atoms with van der Waals surface area (Å²) < 4.78 is 10.7. The number of carbonyl (C=O) groups is 2. The molecule has 0 radical (unpaired) electrons. The number of benzene rings is 2. The highest BCUT2D eigenvalue weighted by Crippen LogP contribution is 2.24. The van der Waals surface area contributed by atoms with Gasteiger partial charge >= 0.3 is 11.8 Å². The van der Waals surface area contributed by atoms with Crippen molar-refractivity contribution in [2.45, 2.75) is 12.7 Å². The van der Waals surface area contributed by atoms with Crippen LogP contribution in [-0.2, 0) is 9.59 Å². The predicted molar refractivity (Wildman–Crippen MR) is 75.2 cm³/mol. The van der Waals surface area contributed by atoms with E-state index in [4.69, 9.17) is 9.47 Å². The molecule has 0 aliphatic heterocycles. The van der Waals surface area contributed by atoms with Gasteiger partial charge in [-0.05, 0) is 24.3 Å². The molecule has 0 aliphatic rings. The summed E-state index contributed by atoms with van der Waals surface area (Å²) in [6.45, 7) is 1.11. The van der Waals surface area contributed by atoms with Crippen LogP contribution in [-0.4, -0.2) is 22.6 Å². The summed E-state index contributed by atoms with van der Waals surface area (Å²) in [6, 6.07) is 16.4. The third-order valence-corrected chi connectivity index (χ3v) is 2.75. The molecule has 0 bridgehead atoms. The van der Waals surface area contributed by atoms with E-state index in [0.29, 0.717) is 0 Å². The number of hydrogen-bond donors (Lipinski definition) is 1. The Morgan fingerprint density at radius 1 is 0.857 bits per heavy atom. The lowest BCUT2D eigenvalue weighted by molar-refractivity contribution is -0.188. The predicted octanol–water partition coefficient (Wildman–Crippen LogP) is 2.51. The van der Waals surface area contributed by atoms with Gasteiger partial charge in [0.1, 0.15) is 11.5 Å². The minimum absolute atomic E-state index is 0.228. The van der Waals surface area contributed by atoms with Crippen LogP contribution in [0.3, 0.4) is 0 Å². The average molecular weight is 286 g/mol. The van der Waals surface area contributed by atoms with Crippen molar-refractivity contribution in [3.8, 4) is 11.5 Å². The fourth-order valence-electron chi connectivity index (χ4n) is 1.71. The molecular formula is C16H14O5. The number of carboxylic acid groups (broad SMARTS) is 1. The van der Waals surface area contributed by atoms with E-state index in [1.54, 1.807) is 60.7 Å². The molecule has 0 aromatic heterocycles. The summed E-state index contributed by atoms with van der Waals surface area (Å²) in [5, 5.41) is 9.45. The zero-order valence-corrected chi connectivity index (χ0v) is 11.4. The summed E-state index contributed by atoms with van der Waals surface area (Å²) in [5.41, 5.74) is 0. The van der Waals surface area contributed by atoms with Gasteiger partial charge in [-0.25, -0.2) is 4.79 Å². The molecule has 5 nitrogen and oxygen atoms in total. The van der Waals surface area contributed by atoms with Crippen molar-refractivity contribution in [1.82, 2.24) is 0 Å². The third kappa shape index (κ3) is 3.20. The van der Waals surface area contributed by atoms with Crippen molar-refractivity contribution in [2.24, 2.45) is 0 Å². The number of carboxylic acids is 1. The van der Waals surface area contributed by atoms with E-state index in [0.717, 1.165) is 6.92 Å². The Labute approximate surface area is 121 Å². The maximum absolute atomic E-state index is 11.9. The lowest BCUT2D eigenvalue weighted by atomic mass is 10.2. The molecule has 5 heteroatoms. The number of ether oxygens (including phenoxy) is 2. The van der Waals surface area contributed by atoms with Crippen molar-refractivity contribution in [3.05, 3.63) is 60.7 Å². The Kier molecular flexibility index (Phi) is 4.23. The standard InChI is InChI=1S/C16H14O5/c1-12(17)16(15(18)19,20-13-8-4-2-5-9-13)21-14-10-6-3-7-11-14/h2-11H,1H3,(H,18,19).